The Morgan fingerprint density at radius 3 is 2.40 bits per heavy atom. The smallest absolute Gasteiger partial charge is 0.105 e. The molecule has 0 heterocycles. The highest BCUT2D eigenvalue weighted by atomic mass is 35.5. The fourth-order valence-electron chi connectivity index (χ4n) is 2.22. The summed E-state index contributed by atoms with van der Waals surface area (Å²) in [4.78, 5) is 0. The first kappa shape index (κ1) is 15.3. The normalized spacial score (nSPS) is 15.5. The molecule has 3 heteroatoms. The molecule has 2 atom stereocenters. The van der Waals surface area contributed by atoms with E-state index < -0.39 is 0 Å². The first-order valence-electron chi connectivity index (χ1n) is 6.35. The molecule has 0 rings (SSSR count). The van der Waals surface area contributed by atoms with E-state index in [1.807, 2.05) is 0 Å². The van der Waals surface area contributed by atoms with Crippen molar-refractivity contribution in [3.8, 4) is 0 Å². The molecule has 1 nitrogen and oxygen atoms in total. The van der Waals surface area contributed by atoms with Crippen LogP contribution in [0.25, 0.3) is 0 Å². The minimum atomic E-state index is 0.687. The Labute approximate surface area is 101 Å². The molecular formula is C12H26BClO. The maximum absolute atomic E-state index is 5.19. The second-order valence-corrected chi connectivity index (χ2v) is 5.31. The first-order valence-corrected chi connectivity index (χ1v) is 6.66. The maximum atomic E-state index is 5.19. The molecule has 0 aliphatic rings. The summed E-state index contributed by atoms with van der Waals surface area (Å²) in [5.41, 5.74) is 0. The van der Waals surface area contributed by atoms with Crippen molar-refractivity contribution >= 4 is 19.7 Å². The highest BCUT2D eigenvalue weighted by Crippen LogP contribution is 2.28. The van der Waals surface area contributed by atoms with Crippen molar-refractivity contribution in [2.45, 2.75) is 58.7 Å². The minimum Gasteiger partial charge on any atom is -0.279 e. The summed E-state index contributed by atoms with van der Waals surface area (Å²) in [5, 5.41) is 0. The van der Waals surface area contributed by atoms with Crippen LogP contribution in [0.15, 0.2) is 0 Å². The molecule has 2 unspecified atom stereocenters. The summed E-state index contributed by atoms with van der Waals surface area (Å²) >= 11 is 5.19. The average Bonchev–Trinajstić information content (AvgIpc) is 2.17. The molecule has 0 aliphatic carbocycles. The zero-order valence-corrected chi connectivity index (χ0v) is 11.5. The highest BCUT2D eigenvalue weighted by molar-refractivity contribution is 6.11. The Bertz CT molecular complexity index is 142. The van der Waals surface area contributed by atoms with Gasteiger partial charge in [0.25, 0.3) is 0 Å². The standard InChI is InChI=1S/C12H26BClO/c1-4-6-11(10(2)3)9-12(13)7-5-8-15-14/h10-12H,4-9,13H2,1-3H3. The molecule has 90 valence electrons. The Balaban J connectivity index is 3.73. The SMILES string of the molecule is BC(CCCOCl)CC(CCC)C(C)C. The Hall–Kier alpha value is 0.315. The van der Waals surface area contributed by atoms with Crippen LogP contribution in [0.1, 0.15) is 52.9 Å². The molecule has 0 bridgehead atoms. The third-order valence-corrected chi connectivity index (χ3v) is 3.38. The molecule has 0 aromatic rings. The van der Waals surface area contributed by atoms with Gasteiger partial charge in [-0.2, -0.15) is 0 Å². The zero-order valence-electron chi connectivity index (χ0n) is 10.8. The molecule has 0 aliphatic heterocycles. The van der Waals surface area contributed by atoms with Gasteiger partial charge in [0.05, 0.1) is 18.5 Å². The van der Waals surface area contributed by atoms with Crippen LogP contribution in [0.5, 0.6) is 0 Å². The summed E-state index contributed by atoms with van der Waals surface area (Å²) in [5.74, 6) is 2.51. The summed E-state index contributed by atoms with van der Waals surface area (Å²) in [6.07, 6.45) is 6.35. The maximum Gasteiger partial charge on any atom is 0.105 e. The molecule has 0 spiro atoms. The van der Waals surface area contributed by atoms with Crippen molar-refractivity contribution in [3.63, 3.8) is 0 Å². The second kappa shape index (κ2) is 9.53. The zero-order chi connectivity index (χ0) is 11.7. The van der Waals surface area contributed by atoms with Crippen LogP contribution < -0.4 is 0 Å². The van der Waals surface area contributed by atoms with Crippen LogP contribution in [-0.2, 0) is 4.29 Å². The number of hydrogen-bond acceptors (Lipinski definition) is 1. The molecular weight excluding hydrogens is 206 g/mol. The van der Waals surface area contributed by atoms with E-state index >= 15 is 0 Å². The van der Waals surface area contributed by atoms with Crippen LogP contribution in [-0.4, -0.2) is 14.5 Å². The quantitative estimate of drug-likeness (QED) is 0.434. The van der Waals surface area contributed by atoms with Crippen LogP contribution >= 0.6 is 11.9 Å². The van der Waals surface area contributed by atoms with E-state index in [9.17, 15) is 0 Å². The van der Waals surface area contributed by atoms with Gasteiger partial charge in [-0.05, 0) is 18.3 Å². The predicted octanol–water partition coefficient (Wildman–Crippen LogP) is 3.82. The summed E-state index contributed by atoms with van der Waals surface area (Å²) in [7, 11) is 2.35. The van der Waals surface area contributed by atoms with Crippen molar-refractivity contribution in [1.29, 1.82) is 0 Å². The fourth-order valence-corrected chi connectivity index (χ4v) is 2.32. The topological polar surface area (TPSA) is 9.23 Å². The summed E-state index contributed by atoms with van der Waals surface area (Å²) in [6, 6.07) is 0. The second-order valence-electron chi connectivity index (χ2n) is 5.09. The summed E-state index contributed by atoms with van der Waals surface area (Å²) < 4.78 is 4.56. The van der Waals surface area contributed by atoms with Crippen molar-refractivity contribution in [2.24, 2.45) is 11.8 Å². The molecule has 0 saturated carbocycles. The molecule has 0 aromatic heterocycles. The number of rotatable bonds is 9. The van der Waals surface area contributed by atoms with Crippen molar-refractivity contribution < 1.29 is 4.29 Å². The Morgan fingerprint density at radius 2 is 1.93 bits per heavy atom. The van der Waals surface area contributed by atoms with E-state index in [0.717, 1.165) is 24.1 Å². The number of hydrogen-bond donors (Lipinski definition) is 0. The molecule has 15 heavy (non-hydrogen) atoms. The number of halogens is 1. The van der Waals surface area contributed by atoms with Crippen LogP contribution in [0.3, 0.4) is 0 Å². The van der Waals surface area contributed by atoms with Gasteiger partial charge >= 0.3 is 0 Å². The van der Waals surface area contributed by atoms with Crippen molar-refractivity contribution in [2.75, 3.05) is 6.61 Å². The van der Waals surface area contributed by atoms with Crippen LogP contribution in [0.2, 0.25) is 5.82 Å². The molecule has 0 saturated heterocycles. The van der Waals surface area contributed by atoms with E-state index in [2.05, 4.69) is 32.9 Å². The van der Waals surface area contributed by atoms with Crippen LogP contribution in [0.4, 0.5) is 0 Å². The lowest BCUT2D eigenvalue weighted by Crippen LogP contribution is -2.12. The lowest BCUT2D eigenvalue weighted by atomic mass is 9.73. The van der Waals surface area contributed by atoms with Crippen molar-refractivity contribution in [3.05, 3.63) is 0 Å². The monoisotopic (exact) mass is 232 g/mol. The molecule has 0 amide bonds. The van der Waals surface area contributed by atoms with E-state index in [1.165, 1.54) is 25.7 Å². The van der Waals surface area contributed by atoms with Gasteiger partial charge in [0.1, 0.15) is 7.85 Å². The molecule has 0 N–H and O–H groups in total. The van der Waals surface area contributed by atoms with E-state index in [0.29, 0.717) is 6.61 Å². The predicted molar refractivity (Wildman–Crippen MR) is 71.2 cm³/mol. The van der Waals surface area contributed by atoms with E-state index in [4.69, 9.17) is 11.9 Å². The van der Waals surface area contributed by atoms with Gasteiger partial charge in [0.2, 0.25) is 0 Å². The van der Waals surface area contributed by atoms with Gasteiger partial charge in [-0.3, -0.25) is 4.29 Å². The summed E-state index contributed by atoms with van der Waals surface area (Å²) in [6.45, 7) is 7.65. The van der Waals surface area contributed by atoms with Gasteiger partial charge in [0, 0.05) is 0 Å². The highest BCUT2D eigenvalue weighted by Gasteiger charge is 2.15. The van der Waals surface area contributed by atoms with E-state index in [-0.39, 0.29) is 0 Å². The van der Waals surface area contributed by atoms with Gasteiger partial charge in [0.15, 0.2) is 0 Å². The lowest BCUT2D eigenvalue weighted by Gasteiger charge is -2.24. The fraction of sp³-hybridized carbons (Fsp3) is 1.00. The molecule has 0 radical (unpaired) electrons. The Morgan fingerprint density at radius 1 is 1.27 bits per heavy atom. The third kappa shape index (κ3) is 8.16. The first-order chi connectivity index (χ1) is 7.11. The van der Waals surface area contributed by atoms with Crippen LogP contribution in [0, 0.1) is 11.8 Å². The molecule has 0 aromatic carbocycles. The van der Waals surface area contributed by atoms with E-state index in [1.54, 1.807) is 0 Å². The lowest BCUT2D eigenvalue weighted by molar-refractivity contribution is 0.304. The van der Waals surface area contributed by atoms with Crippen molar-refractivity contribution in [1.82, 2.24) is 0 Å². The minimum absolute atomic E-state index is 0.687. The van der Waals surface area contributed by atoms with Gasteiger partial charge in [-0.25, -0.2) is 0 Å². The Kier molecular flexibility index (Phi) is 9.73. The average molecular weight is 233 g/mol. The van der Waals surface area contributed by atoms with Gasteiger partial charge < -0.3 is 0 Å². The van der Waals surface area contributed by atoms with Gasteiger partial charge in [-0.1, -0.05) is 52.3 Å². The van der Waals surface area contributed by atoms with Gasteiger partial charge in [-0.15, -0.1) is 0 Å². The molecule has 0 fully saturated rings. The third-order valence-electron chi connectivity index (χ3n) is 3.23. The largest absolute Gasteiger partial charge is 0.279 e.